The molecule has 1 fully saturated rings. The Kier molecular flexibility index (Phi) is 6.53. The smallest absolute Gasteiger partial charge is 0.0647 e. The summed E-state index contributed by atoms with van der Waals surface area (Å²) in [5, 5.41) is 17.4. The van der Waals surface area contributed by atoms with Gasteiger partial charge in [-0.3, -0.25) is 0 Å². The standard InChI is InChI=1S/C8H12O.C7H14O/c1-2-7-3-4-8(5-7)6-9;1-6-2-3-7(4-6)5-8/h3-4,9H,2,5-6H2,1H3;6-8H,2-5H2,1H3. The molecule has 2 heteroatoms. The van der Waals surface area contributed by atoms with Gasteiger partial charge in [-0.25, -0.2) is 0 Å². The van der Waals surface area contributed by atoms with Crippen LogP contribution in [0.25, 0.3) is 0 Å². The van der Waals surface area contributed by atoms with Gasteiger partial charge in [-0.15, -0.1) is 0 Å². The van der Waals surface area contributed by atoms with Gasteiger partial charge in [0.1, 0.15) is 0 Å². The lowest BCUT2D eigenvalue weighted by atomic mass is 10.1. The summed E-state index contributed by atoms with van der Waals surface area (Å²) in [5.74, 6) is 1.50. The first-order valence-corrected chi connectivity index (χ1v) is 6.78. The van der Waals surface area contributed by atoms with Crippen LogP contribution < -0.4 is 0 Å². The molecule has 0 aromatic carbocycles. The summed E-state index contributed by atoms with van der Waals surface area (Å²) in [6, 6.07) is 0. The van der Waals surface area contributed by atoms with E-state index in [2.05, 4.69) is 19.9 Å². The second-order valence-corrected chi connectivity index (χ2v) is 5.31. The maximum atomic E-state index is 8.68. The molecule has 0 aliphatic heterocycles. The zero-order valence-corrected chi connectivity index (χ0v) is 11.2. The largest absolute Gasteiger partial charge is 0.396 e. The normalized spacial score (nSPS) is 27.3. The first-order valence-electron chi connectivity index (χ1n) is 6.78. The highest BCUT2D eigenvalue weighted by Gasteiger charge is 2.19. The van der Waals surface area contributed by atoms with Crippen LogP contribution >= 0.6 is 0 Å². The zero-order chi connectivity index (χ0) is 12.7. The van der Waals surface area contributed by atoms with Gasteiger partial charge in [0.2, 0.25) is 0 Å². The van der Waals surface area contributed by atoms with Gasteiger partial charge < -0.3 is 10.2 Å². The molecule has 2 aliphatic carbocycles. The maximum absolute atomic E-state index is 8.68. The number of aliphatic hydroxyl groups excluding tert-OH is 2. The van der Waals surface area contributed by atoms with Crippen molar-refractivity contribution in [2.24, 2.45) is 11.8 Å². The molecule has 2 aliphatic rings. The van der Waals surface area contributed by atoms with Crippen LogP contribution in [-0.4, -0.2) is 23.4 Å². The summed E-state index contributed by atoms with van der Waals surface area (Å²) in [5.41, 5.74) is 2.57. The monoisotopic (exact) mass is 238 g/mol. The van der Waals surface area contributed by atoms with E-state index in [1.807, 2.05) is 6.08 Å². The molecule has 17 heavy (non-hydrogen) atoms. The molecular weight excluding hydrogens is 212 g/mol. The lowest BCUT2D eigenvalue weighted by Gasteiger charge is -2.01. The Hall–Kier alpha value is -0.600. The highest BCUT2D eigenvalue weighted by atomic mass is 16.3. The predicted octanol–water partition coefficient (Wildman–Crippen LogP) is 3.06. The highest BCUT2D eigenvalue weighted by Crippen LogP contribution is 2.29. The van der Waals surface area contributed by atoms with Crippen molar-refractivity contribution < 1.29 is 10.2 Å². The Morgan fingerprint density at radius 1 is 1.18 bits per heavy atom. The van der Waals surface area contributed by atoms with Crippen molar-refractivity contribution in [3.8, 4) is 0 Å². The van der Waals surface area contributed by atoms with Crippen molar-refractivity contribution in [2.45, 2.75) is 46.0 Å². The Labute approximate surface area is 105 Å². The minimum atomic E-state index is 0.222. The maximum Gasteiger partial charge on any atom is 0.0647 e. The molecule has 0 radical (unpaired) electrons. The number of hydrogen-bond donors (Lipinski definition) is 2. The second-order valence-electron chi connectivity index (χ2n) is 5.31. The third-order valence-corrected chi connectivity index (χ3v) is 3.73. The Morgan fingerprint density at radius 2 is 1.88 bits per heavy atom. The predicted molar refractivity (Wildman–Crippen MR) is 71.8 cm³/mol. The van der Waals surface area contributed by atoms with Gasteiger partial charge in [-0.05, 0) is 43.1 Å². The Balaban J connectivity index is 0.000000171. The van der Waals surface area contributed by atoms with Crippen molar-refractivity contribution in [3.05, 3.63) is 23.3 Å². The summed E-state index contributed by atoms with van der Waals surface area (Å²) in [4.78, 5) is 0. The quantitative estimate of drug-likeness (QED) is 0.793. The van der Waals surface area contributed by atoms with Crippen LogP contribution in [0.15, 0.2) is 23.3 Å². The van der Waals surface area contributed by atoms with Crippen molar-refractivity contribution in [1.29, 1.82) is 0 Å². The summed E-state index contributed by atoms with van der Waals surface area (Å²) in [6.07, 6.45) is 10.0. The summed E-state index contributed by atoms with van der Waals surface area (Å²) < 4.78 is 0. The van der Waals surface area contributed by atoms with E-state index in [9.17, 15) is 0 Å². The van der Waals surface area contributed by atoms with Gasteiger partial charge in [0.15, 0.2) is 0 Å². The van der Waals surface area contributed by atoms with E-state index in [1.165, 1.54) is 24.8 Å². The van der Waals surface area contributed by atoms with Crippen molar-refractivity contribution >= 4 is 0 Å². The fourth-order valence-electron chi connectivity index (χ4n) is 2.49. The van der Waals surface area contributed by atoms with Gasteiger partial charge >= 0.3 is 0 Å². The van der Waals surface area contributed by atoms with Crippen LogP contribution in [0, 0.1) is 11.8 Å². The molecular formula is C15H26O2. The van der Waals surface area contributed by atoms with Gasteiger partial charge in [0, 0.05) is 6.61 Å². The van der Waals surface area contributed by atoms with E-state index in [4.69, 9.17) is 10.2 Å². The molecule has 0 spiro atoms. The van der Waals surface area contributed by atoms with E-state index in [-0.39, 0.29) is 6.61 Å². The van der Waals surface area contributed by atoms with Crippen molar-refractivity contribution in [3.63, 3.8) is 0 Å². The van der Waals surface area contributed by atoms with E-state index in [0.717, 1.165) is 24.3 Å². The molecule has 2 nitrogen and oxygen atoms in total. The lowest BCUT2D eigenvalue weighted by molar-refractivity contribution is 0.227. The summed E-state index contributed by atoms with van der Waals surface area (Å²) in [7, 11) is 0. The molecule has 98 valence electrons. The Bertz CT molecular complexity index is 261. The molecule has 0 saturated heterocycles. The fourth-order valence-corrected chi connectivity index (χ4v) is 2.49. The first kappa shape index (κ1) is 14.5. The van der Waals surface area contributed by atoms with Crippen molar-refractivity contribution in [2.75, 3.05) is 13.2 Å². The van der Waals surface area contributed by atoms with Crippen LogP contribution in [0.5, 0.6) is 0 Å². The van der Waals surface area contributed by atoms with Gasteiger partial charge in [0.25, 0.3) is 0 Å². The van der Waals surface area contributed by atoms with Crippen LogP contribution in [-0.2, 0) is 0 Å². The number of hydrogen-bond acceptors (Lipinski definition) is 2. The molecule has 2 rings (SSSR count). The summed E-state index contributed by atoms with van der Waals surface area (Å²) >= 11 is 0. The van der Waals surface area contributed by atoms with Crippen LogP contribution in [0.1, 0.15) is 46.0 Å². The Morgan fingerprint density at radius 3 is 2.18 bits per heavy atom. The first-order chi connectivity index (χ1) is 8.19. The molecule has 2 N–H and O–H groups in total. The second kappa shape index (κ2) is 7.67. The third kappa shape index (κ3) is 5.05. The minimum Gasteiger partial charge on any atom is -0.396 e. The van der Waals surface area contributed by atoms with Gasteiger partial charge in [0.05, 0.1) is 6.61 Å². The highest BCUT2D eigenvalue weighted by molar-refractivity contribution is 5.30. The zero-order valence-electron chi connectivity index (χ0n) is 11.2. The van der Waals surface area contributed by atoms with E-state index < -0.39 is 0 Å². The van der Waals surface area contributed by atoms with Crippen LogP contribution in [0.2, 0.25) is 0 Å². The number of rotatable bonds is 3. The lowest BCUT2D eigenvalue weighted by Crippen LogP contribution is -1.99. The average Bonchev–Trinajstić information content (AvgIpc) is 2.97. The van der Waals surface area contributed by atoms with Crippen molar-refractivity contribution in [1.82, 2.24) is 0 Å². The van der Waals surface area contributed by atoms with Crippen LogP contribution in [0.3, 0.4) is 0 Å². The topological polar surface area (TPSA) is 40.5 Å². The van der Waals surface area contributed by atoms with Gasteiger partial charge in [-0.1, -0.05) is 38.0 Å². The fraction of sp³-hybridized carbons (Fsp3) is 0.733. The van der Waals surface area contributed by atoms with Crippen LogP contribution in [0.4, 0.5) is 0 Å². The number of aliphatic hydroxyl groups is 2. The molecule has 0 bridgehead atoms. The van der Waals surface area contributed by atoms with E-state index in [1.54, 1.807) is 0 Å². The minimum absolute atomic E-state index is 0.222. The van der Waals surface area contributed by atoms with E-state index >= 15 is 0 Å². The molecule has 0 aromatic rings. The SMILES string of the molecule is CC1CCC(CO)C1.CCC1=CC=C(CO)C1. The molecule has 0 aromatic heterocycles. The summed E-state index contributed by atoms with van der Waals surface area (Å²) in [6.45, 7) is 5.03. The molecule has 1 saturated carbocycles. The number of allylic oxidation sites excluding steroid dienone is 3. The average molecular weight is 238 g/mol. The molecule has 0 amide bonds. The third-order valence-electron chi connectivity index (χ3n) is 3.73. The molecule has 2 unspecified atom stereocenters. The van der Waals surface area contributed by atoms with Gasteiger partial charge in [-0.2, -0.15) is 0 Å². The molecule has 0 heterocycles. The molecule has 2 atom stereocenters. The van der Waals surface area contributed by atoms with E-state index in [0.29, 0.717) is 12.5 Å².